The summed E-state index contributed by atoms with van der Waals surface area (Å²) in [5.41, 5.74) is 1.03. The minimum atomic E-state index is 0.837. The predicted molar refractivity (Wildman–Crippen MR) is 80.7 cm³/mol. The van der Waals surface area contributed by atoms with Gasteiger partial charge in [-0.25, -0.2) is 0 Å². The average Bonchev–Trinajstić information content (AvgIpc) is 2.41. The van der Waals surface area contributed by atoms with Crippen molar-refractivity contribution in [2.75, 3.05) is 0 Å². The maximum atomic E-state index is 5.90. The molecular weight excluding hydrogens is 302 g/mol. The molecule has 0 atom stereocenters. The SMILES string of the molecule is Cc1cnccc1Oc1ccc2cc(Br)ccc2c1. The van der Waals surface area contributed by atoms with Crippen LogP contribution < -0.4 is 4.74 Å². The van der Waals surface area contributed by atoms with Gasteiger partial charge in [0.25, 0.3) is 0 Å². The fourth-order valence-electron chi connectivity index (χ4n) is 1.96. The number of rotatable bonds is 2. The molecule has 3 aromatic rings. The Morgan fingerprint density at radius 2 is 1.79 bits per heavy atom. The summed E-state index contributed by atoms with van der Waals surface area (Å²) < 4.78 is 6.98. The molecule has 0 spiro atoms. The van der Waals surface area contributed by atoms with Crippen LogP contribution in [0.1, 0.15) is 5.56 Å². The summed E-state index contributed by atoms with van der Waals surface area (Å²) in [5, 5.41) is 2.35. The number of fused-ring (bicyclic) bond motifs is 1. The fraction of sp³-hybridized carbons (Fsp3) is 0.0625. The number of aryl methyl sites for hydroxylation is 1. The van der Waals surface area contributed by atoms with E-state index in [4.69, 9.17) is 4.74 Å². The Balaban J connectivity index is 1.98. The van der Waals surface area contributed by atoms with E-state index in [0.29, 0.717) is 0 Å². The van der Waals surface area contributed by atoms with E-state index in [9.17, 15) is 0 Å². The first-order valence-corrected chi connectivity index (χ1v) is 6.79. The van der Waals surface area contributed by atoms with E-state index in [1.54, 1.807) is 12.4 Å². The van der Waals surface area contributed by atoms with Crippen molar-refractivity contribution in [3.63, 3.8) is 0 Å². The summed E-state index contributed by atoms with van der Waals surface area (Å²) in [6, 6.07) is 14.2. The van der Waals surface area contributed by atoms with Crippen molar-refractivity contribution >= 4 is 26.7 Å². The Morgan fingerprint density at radius 1 is 1.00 bits per heavy atom. The van der Waals surface area contributed by atoms with Gasteiger partial charge >= 0.3 is 0 Å². The normalized spacial score (nSPS) is 10.6. The highest BCUT2D eigenvalue weighted by molar-refractivity contribution is 9.10. The maximum absolute atomic E-state index is 5.90. The lowest BCUT2D eigenvalue weighted by Gasteiger charge is -2.09. The topological polar surface area (TPSA) is 22.1 Å². The Kier molecular flexibility index (Phi) is 3.22. The summed E-state index contributed by atoms with van der Waals surface area (Å²) in [5.74, 6) is 1.68. The predicted octanol–water partition coefficient (Wildman–Crippen LogP) is 5.10. The Hall–Kier alpha value is -1.87. The zero-order valence-electron chi connectivity index (χ0n) is 10.4. The highest BCUT2D eigenvalue weighted by Gasteiger charge is 2.02. The summed E-state index contributed by atoms with van der Waals surface area (Å²) in [4.78, 5) is 4.06. The number of aromatic nitrogens is 1. The maximum Gasteiger partial charge on any atom is 0.133 e. The molecule has 19 heavy (non-hydrogen) atoms. The largest absolute Gasteiger partial charge is 0.457 e. The van der Waals surface area contributed by atoms with Gasteiger partial charge in [-0.05, 0) is 48.0 Å². The van der Waals surface area contributed by atoms with E-state index in [0.717, 1.165) is 26.9 Å². The molecule has 0 N–H and O–H groups in total. The van der Waals surface area contributed by atoms with Gasteiger partial charge in [0.1, 0.15) is 11.5 Å². The minimum Gasteiger partial charge on any atom is -0.457 e. The van der Waals surface area contributed by atoms with Gasteiger partial charge in [0.2, 0.25) is 0 Å². The molecule has 0 radical (unpaired) electrons. The zero-order chi connectivity index (χ0) is 13.2. The molecule has 0 amide bonds. The van der Waals surface area contributed by atoms with E-state index in [-0.39, 0.29) is 0 Å². The van der Waals surface area contributed by atoms with E-state index in [1.807, 2.05) is 31.2 Å². The van der Waals surface area contributed by atoms with E-state index in [2.05, 4.69) is 39.1 Å². The monoisotopic (exact) mass is 313 g/mol. The molecule has 0 aliphatic rings. The van der Waals surface area contributed by atoms with Gasteiger partial charge in [-0.15, -0.1) is 0 Å². The van der Waals surface area contributed by atoms with Crippen LogP contribution in [0.4, 0.5) is 0 Å². The molecule has 0 aliphatic carbocycles. The smallest absolute Gasteiger partial charge is 0.133 e. The summed E-state index contributed by atoms with van der Waals surface area (Å²) in [7, 11) is 0. The third kappa shape index (κ3) is 2.61. The molecule has 0 saturated heterocycles. The van der Waals surface area contributed by atoms with E-state index < -0.39 is 0 Å². The zero-order valence-corrected chi connectivity index (χ0v) is 12.0. The molecule has 0 unspecified atom stereocenters. The second-order valence-corrected chi connectivity index (χ2v) is 5.31. The number of nitrogens with zero attached hydrogens (tertiary/aromatic N) is 1. The van der Waals surface area contributed by atoms with Crippen LogP contribution >= 0.6 is 15.9 Å². The van der Waals surface area contributed by atoms with Crippen LogP contribution in [0.5, 0.6) is 11.5 Å². The highest BCUT2D eigenvalue weighted by Crippen LogP contribution is 2.28. The van der Waals surface area contributed by atoms with Crippen LogP contribution in [0.25, 0.3) is 10.8 Å². The van der Waals surface area contributed by atoms with Gasteiger partial charge < -0.3 is 4.74 Å². The summed E-state index contributed by atoms with van der Waals surface area (Å²) in [6.07, 6.45) is 3.54. The summed E-state index contributed by atoms with van der Waals surface area (Å²) >= 11 is 3.48. The van der Waals surface area contributed by atoms with Crippen molar-refractivity contribution in [2.24, 2.45) is 0 Å². The lowest BCUT2D eigenvalue weighted by Crippen LogP contribution is -1.88. The van der Waals surface area contributed by atoms with Crippen LogP contribution in [-0.2, 0) is 0 Å². The highest BCUT2D eigenvalue weighted by atomic mass is 79.9. The number of hydrogen-bond acceptors (Lipinski definition) is 2. The average molecular weight is 314 g/mol. The first-order valence-electron chi connectivity index (χ1n) is 6.00. The van der Waals surface area contributed by atoms with Crippen molar-refractivity contribution in [1.82, 2.24) is 4.98 Å². The molecule has 1 heterocycles. The van der Waals surface area contributed by atoms with Crippen molar-refractivity contribution in [3.05, 3.63) is 64.9 Å². The van der Waals surface area contributed by atoms with Crippen LogP contribution in [0.15, 0.2) is 59.3 Å². The van der Waals surface area contributed by atoms with Gasteiger partial charge in [0, 0.05) is 22.4 Å². The van der Waals surface area contributed by atoms with Crippen molar-refractivity contribution < 1.29 is 4.74 Å². The van der Waals surface area contributed by atoms with Crippen LogP contribution in [0, 0.1) is 6.92 Å². The van der Waals surface area contributed by atoms with Crippen molar-refractivity contribution in [3.8, 4) is 11.5 Å². The second-order valence-electron chi connectivity index (χ2n) is 4.40. The van der Waals surface area contributed by atoms with Crippen LogP contribution in [0.3, 0.4) is 0 Å². The molecule has 0 aliphatic heterocycles. The molecule has 94 valence electrons. The fourth-order valence-corrected chi connectivity index (χ4v) is 2.34. The van der Waals surface area contributed by atoms with Gasteiger partial charge in [0.05, 0.1) is 0 Å². The number of ether oxygens (including phenoxy) is 1. The Labute approximate surface area is 120 Å². The number of benzene rings is 2. The molecule has 0 fully saturated rings. The standard InChI is InChI=1S/C16H12BrNO/c1-11-10-18-7-6-16(11)19-15-5-3-12-8-14(17)4-2-13(12)9-15/h2-10H,1H3. The second kappa shape index (κ2) is 5.02. The molecule has 1 aromatic heterocycles. The van der Waals surface area contributed by atoms with Crippen molar-refractivity contribution in [1.29, 1.82) is 0 Å². The van der Waals surface area contributed by atoms with Gasteiger partial charge in [0.15, 0.2) is 0 Å². The van der Waals surface area contributed by atoms with E-state index >= 15 is 0 Å². The van der Waals surface area contributed by atoms with Gasteiger partial charge in [-0.1, -0.05) is 28.1 Å². The lowest BCUT2D eigenvalue weighted by molar-refractivity contribution is 0.479. The third-order valence-electron chi connectivity index (χ3n) is 2.97. The van der Waals surface area contributed by atoms with E-state index in [1.165, 1.54) is 5.39 Å². The molecule has 0 bridgehead atoms. The third-order valence-corrected chi connectivity index (χ3v) is 3.46. The van der Waals surface area contributed by atoms with Crippen LogP contribution in [-0.4, -0.2) is 4.98 Å². The molecule has 2 nitrogen and oxygen atoms in total. The molecule has 3 rings (SSSR count). The van der Waals surface area contributed by atoms with Crippen LogP contribution in [0.2, 0.25) is 0 Å². The molecular formula is C16H12BrNO. The molecule has 0 saturated carbocycles. The van der Waals surface area contributed by atoms with Crippen molar-refractivity contribution in [2.45, 2.75) is 6.92 Å². The molecule has 3 heteroatoms. The minimum absolute atomic E-state index is 0.837. The number of hydrogen-bond donors (Lipinski definition) is 0. The van der Waals surface area contributed by atoms with Gasteiger partial charge in [-0.3, -0.25) is 4.98 Å². The summed E-state index contributed by atoms with van der Waals surface area (Å²) in [6.45, 7) is 1.99. The number of halogens is 1. The first-order chi connectivity index (χ1) is 9.22. The Bertz CT molecular complexity index is 740. The quantitative estimate of drug-likeness (QED) is 0.656. The first kappa shape index (κ1) is 12.2. The lowest BCUT2D eigenvalue weighted by atomic mass is 10.1. The Morgan fingerprint density at radius 3 is 2.63 bits per heavy atom. The molecule has 2 aromatic carbocycles. The van der Waals surface area contributed by atoms with Gasteiger partial charge in [-0.2, -0.15) is 0 Å². The number of pyridine rings is 1.